The minimum Gasteiger partial charge on any atom is -0.469 e. The van der Waals surface area contributed by atoms with Crippen LogP contribution < -0.4 is 5.32 Å². The summed E-state index contributed by atoms with van der Waals surface area (Å²) in [5.74, 6) is 0.428. The van der Waals surface area contributed by atoms with Crippen molar-refractivity contribution in [1.82, 2.24) is 20.0 Å². The van der Waals surface area contributed by atoms with E-state index < -0.39 is 5.54 Å². The van der Waals surface area contributed by atoms with Gasteiger partial charge in [0.2, 0.25) is 0 Å². The second-order valence-electron chi connectivity index (χ2n) is 7.04. The van der Waals surface area contributed by atoms with Gasteiger partial charge in [0, 0.05) is 39.3 Å². The van der Waals surface area contributed by atoms with Gasteiger partial charge in [-0.1, -0.05) is 0 Å². The van der Waals surface area contributed by atoms with E-state index in [1.165, 1.54) is 11.2 Å². The molecule has 3 rings (SSSR count). The number of imide groups is 1. The van der Waals surface area contributed by atoms with Crippen molar-refractivity contribution in [1.29, 1.82) is 0 Å². The van der Waals surface area contributed by atoms with Gasteiger partial charge in [0.25, 0.3) is 11.8 Å². The number of carbonyl (C=O) groups excluding carboxylic acids is 3. The SMILES string of the molecule is Cc1occc1C(=O)N1CCN(CCN2C(=O)NC(C)(C)C2=O)CC1. The van der Waals surface area contributed by atoms with Crippen molar-refractivity contribution in [2.24, 2.45) is 0 Å². The van der Waals surface area contributed by atoms with Gasteiger partial charge in [-0.2, -0.15) is 0 Å². The molecule has 1 aromatic rings. The first-order valence-corrected chi connectivity index (χ1v) is 8.49. The van der Waals surface area contributed by atoms with Gasteiger partial charge in [0.1, 0.15) is 11.3 Å². The molecule has 0 aliphatic carbocycles. The topological polar surface area (TPSA) is 86.1 Å². The average Bonchev–Trinajstić information content (AvgIpc) is 3.07. The van der Waals surface area contributed by atoms with Gasteiger partial charge in [0.15, 0.2) is 0 Å². The van der Waals surface area contributed by atoms with E-state index in [0.717, 1.165) is 13.1 Å². The van der Waals surface area contributed by atoms with Crippen LogP contribution in [0.1, 0.15) is 30.0 Å². The van der Waals surface area contributed by atoms with Gasteiger partial charge in [-0.05, 0) is 26.8 Å². The predicted octanol–water partition coefficient (Wildman–Crippen LogP) is 0.676. The molecule has 0 radical (unpaired) electrons. The number of aryl methyl sites for hydroxylation is 1. The smallest absolute Gasteiger partial charge is 0.325 e. The maximum Gasteiger partial charge on any atom is 0.325 e. The van der Waals surface area contributed by atoms with E-state index in [1.807, 2.05) is 4.90 Å². The summed E-state index contributed by atoms with van der Waals surface area (Å²) in [5, 5.41) is 2.68. The lowest BCUT2D eigenvalue weighted by Gasteiger charge is -2.35. The number of nitrogens with one attached hydrogen (secondary N) is 1. The Kier molecular flexibility index (Phi) is 4.55. The molecule has 2 saturated heterocycles. The van der Waals surface area contributed by atoms with Crippen LogP contribution in [0.3, 0.4) is 0 Å². The Morgan fingerprint density at radius 3 is 2.40 bits per heavy atom. The lowest BCUT2D eigenvalue weighted by Crippen LogP contribution is -2.50. The second-order valence-corrected chi connectivity index (χ2v) is 7.04. The summed E-state index contributed by atoms with van der Waals surface area (Å²) in [4.78, 5) is 41.8. The van der Waals surface area contributed by atoms with Crippen LogP contribution in [-0.4, -0.2) is 77.4 Å². The molecule has 0 saturated carbocycles. The first kappa shape index (κ1) is 17.5. The van der Waals surface area contributed by atoms with E-state index in [2.05, 4.69) is 10.2 Å². The lowest BCUT2D eigenvalue weighted by molar-refractivity contribution is -0.130. The highest BCUT2D eigenvalue weighted by Gasteiger charge is 2.44. The Balaban J connectivity index is 1.49. The Hall–Kier alpha value is -2.35. The number of hydrogen-bond acceptors (Lipinski definition) is 5. The van der Waals surface area contributed by atoms with E-state index in [-0.39, 0.29) is 17.8 Å². The molecule has 0 aromatic carbocycles. The number of rotatable bonds is 4. The minimum atomic E-state index is -0.829. The molecule has 0 bridgehead atoms. The zero-order valence-electron chi connectivity index (χ0n) is 14.9. The predicted molar refractivity (Wildman–Crippen MR) is 90.1 cm³/mol. The van der Waals surface area contributed by atoms with Gasteiger partial charge in [0.05, 0.1) is 11.8 Å². The number of urea groups is 1. The highest BCUT2D eigenvalue weighted by molar-refractivity contribution is 6.06. The first-order chi connectivity index (χ1) is 11.8. The average molecular weight is 348 g/mol. The molecule has 136 valence electrons. The second kappa shape index (κ2) is 6.51. The zero-order chi connectivity index (χ0) is 18.2. The molecule has 2 aliphatic rings. The summed E-state index contributed by atoms with van der Waals surface area (Å²) < 4.78 is 5.20. The van der Waals surface area contributed by atoms with Crippen molar-refractivity contribution in [2.45, 2.75) is 26.3 Å². The number of hydrogen-bond donors (Lipinski definition) is 1. The van der Waals surface area contributed by atoms with Crippen LogP contribution in [0.5, 0.6) is 0 Å². The van der Waals surface area contributed by atoms with Crippen molar-refractivity contribution < 1.29 is 18.8 Å². The van der Waals surface area contributed by atoms with Crippen LogP contribution in [0.15, 0.2) is 16.7 Å². The van der Waals surface area contributed by atoms with Gasteiger partial charge < -0.3 is 14.6 Å². The van der Waals surface area contributed by atoms with E-state index in [9.17, 15) is 14.4 Å². The molecular formula is C17H24N4O4. The normalized spacial score (nSPS) is 20.9. The van der Waals surface area contributed by atoms with Crippen LogP contribution in [0.25, 0.3) is 0 Å². The molecule has 1 N–H and O–H groups in total. The standard InChI is InChI=1S/C17H24N4O4/c1-12-13(4-11-25-12)14(22)20-8-5-19(6-9-20)7-10-21-15(23)17(2,3)18-16(21)24/h4,11H,5-10H2,1-3H3,(H,18,24). The van der Waals surface area contributed by atoms with Gasteiger partial charge in [-0.25, -0.2) is 4.79 Å². The molecule has 1 aromatic heterocycles. The number of piperazine rings is 1. The van der Waals surface area contributed by atoms with Crippen molar-refractivity contribution in [3.63, 3.8) is 0 Å². The van der Waals surface area contributed by atoms with Crippen molar-refractivity contribution >= 4 is 17.8 Å². The summed E-state index contributed by atoms with van der Waals surface area (Å²) in [7, 11) is 0. The quantitative estimate of drug-likeness (QED) is 0.809. The molecule has 25 heavy (non-hydrogen) atoms. The Morgan fingerprint density at radius 1 is 1.20 bits per heavy atom. The number of carbonyl (C=O) groups is 3. The van der Waals surface area contributed by atoms with E-state index in [4.69, 9.17) is 4.42 Å². The van der Waals surface area contributed by atoms with E-state index in [0.29, 0.717) is 37.5 Å². The van der Waals surface area contributed by atoms with Crippen molar-refractivity contribution in [3.05, 3.63) is 23.7 Å². The Labute approximate surface area is 146 Å². The van der Waals surface area contributed by atoms with Crippen LogP contribution in [0.4, 0.5) is 4.79 Å². The Bertz CT molecular complexity index is 689. The van der Waals surface area contributed by atoms with Crippen LogP contribution in [-0.2, 0) is 4.79 Å². The fourth-order valence-electron chi connectivity index (χ4n) is 3.21. The summed E-state index contributed by atoms with van der Waals surface area (Å²) in [6.45, 7) is 8.84. The summed E-state index contributed by atoms with van der Waals surface area (Å²) in [6.07, 6.45) is 1.53. The molecule has 2 aliphatic heterocycles. The van der Waals surface area contributed by atoms with E-state index in [1.54, 1.807) is 26.8 Å². The summed E-state index contributed by atoms with van der Waals surface area (Å²) >= 11 is 0. The molecule has 4 amide bonds. The maximum atomic E-state index is 12.5. The van der Waals surface area contributed by atoms with Crippen LogP contribution in [0.2, 0.25) is 0 Å². The largest absolute Gasteiger partial charge is 0.469 e. The lowest BCUT2D eigenvalue weighted by atomic mass is 10.1. The first-order valence-electron chi connectivity index (χ1n) is 8.49. The third-order valence-corrected chi connectivity index (χ3v) is 4.83. The highest BCUT2D eigenvalue weighted by atomic mass is 16.3. The van der Waals surface area contributed by atoms with Gasteiger partial charge in [-0.3, -0.25) is 19.4 Å². The molecular weight excluding hydrogens is 324 g/mol. The third-order valence-electron chi connectivity index (χ3n) is 4.83. The van der Waals surface area contributed by atoms with Gasteiger partial charge >= 0.3 is 6.03 Å². The number of nitrogens with zero attached hydrogens (tertiary/aromatic N) is 3. The minimum absolute atomic E-state index is 0.0123. The fraction of sp³-hybridized carbons (Fsp3) is 0.588. The molecule has 0 atom stereocenters. The third kappa shape index (κ3) is 3.39. The van der Waals surface area contributed by atoms with Crippen molar-refractivity contribution in [3.8, 4) is 0 Å². The molecule has 2 fully saturated rings. The molecule has 0 spiro atoms. The number of furan rings is 1. The summed E-state index contributed by atoms with van der Waals surface area (Å²) in [6, 6.07) is 1.36. The summed E-state index contributed by atoms with van der Waals surface area (Å²) in [5.41, 5.74) is -0.222. The molecule has 3 heterocycles. The molecule has 0 unspecified atom stereocenters. The zero-order valence-corrected chi connectivity index (χ0v) is 14.9. The fourth-order valence-corrected chi connectivity index (χ4v) is 3.21. The molecule has 8 heteroatoms. The van der Waals surface area contributed by atoms with Gasteiger partial charge in [-0.15, -0.1) is 0 Å². The molecule has 8 nitrogen and oxygen atoms in total. The van der Waals surface area contributed by atoms with Crippen LogP contribution in [0, 0.1) is 6.92 Å². The van der Waals surface area contributed by atoms with E-state index >= 15 is 0 Å². The number of amides is 4. The Morgan fingerprint density at radius 2 is 1.88 bits per heavy atom. The monoisotopic (exact) mass is 348 g/mol. The maximum absolute atomic E-state index is 12.5. The van der Waals surface area contributed by atoms with Crippen molar-refractivity contribution in [2.75, 3.05) is 39.3 Å². The van der Waals surface area contributed by atoms with Crippen LogP contribution >= 0.6 is 0 Å². The highest BCUT2D eigenvalue weighted by Crippen LogP contribution is 2.17.